The average Bonchev–Trinajstić information content (AvgIpc) is 2.51. The van der Waals surface area contributed by atoms with Crippen molar-refractivity contribution in [1.82, 2.24) is 10.3 Å². The average molecular weight is 323 g/mol. The molecule has 0 saturated carbocycles. The maximum absolute atomic E-state index is 11.8. The highest BCUT2D eigenvalue weighted by Crippen LogP contribution is 2.18. The molecule has 1 aliphatic heterocycles. The van der Waals surface area contributed by atoms with Gasteiger partial charge < -0.3 is 15.0 Å². The summed E-state index contributed by atoms with van der Waals surface area (Å²) < 4.78 is 5.74. The van der Waals surface area contributed by atoms with Crippen molar-refractivity contribution in [2.24, 2.45) is 0 Å². The molecule has 1 amide bonds. The predicted molar refractivity (Wildman–Crippen MR) is 91.3 cm³/mol. The van der Waals surface area contributed by atoms with Gasteiger partial charge in [-0.25, -0.2) is 4.98 Å². The molecule has 0 spiro atoms. The summed E-state index contributed by atoms with van der Waals surface area (Å²) in [7, 11) is 0. The van der Waals surface area contributed by atoms with E-state index in [1.54, 1.807) is 11.8 Å². The molecule has 0 unspecified atom stereocenters. The molecule has 1 aliphatic rings. The Morgan fingerprint density at radius 3 is 2.68 bits per heavy atom. The predicted octanol–water partition coefficient (Wildman–Crippen LogP) is 2.06. The van der Waals surface area contributed by atoms with E-state index in [2.05, 4.69) is 29.0 Å². The van der Waals surface area contributed by atoms with Crippen molar-refractivity contribution in [1.29, 1.82) is 0 Å². The summed E-state index contributed by atoms with van der Waals surface area (Å²) in [5.41, 5.74) is 1.01. The van der Waals surface area contributed by atoms with Crippen LogP contribution in [-0.4, -0.2) is 47.7 Å². The van der Waals surface area contributed by atoms with Crippen molar-refractivity contribution < 1.29 is 9.53 Å². The summed E-state index contributed by atoms with van der Waals surface area (Å²) in [6, 6.07) is 4.04. The first kappa shape index (κ1) is 17.1. The van der Waals surface area contributed by atoms with E-state index in [9.17, 15) is 4.79 Å². The lowest BCUT2D eigenvalue weighted by Crippen LogP contribution is -2.45. The molecule has 1 saturated heterocycles. The molecule has 6 heteroatoms. The van der Waals surface area contributed by atoms with Crippen LogP contribution in [0, 0.1) is 0 Å². The fraction of sp³-hybridized carbons (Fsp3) is 0.625. The molecule has 0 radical (unpaired) electrons. The van der Waals surface area contributed by atoms with E-state index in [1.807, 2.05) is 31.5 Å². The highest BCUT2D eigenvalue weighted by Gasteiger charge is 2.22. The largest absolute Gasteiger partial charge is 0.372 e. The van der Waals surface area contributed by atoms with Gasteiger partial charge in [0.15, 0.2) is 0 Å². The number of amides is 1. The Bertz CT molecular complexity index is 485. The van der Waals surface area contributed by atoms with E-state index in [0.29, 0.717) is 6.54 Å². The minimum absolute atomic E-state index is 0.0245. The molecule has 1 N–H and O–H groups in total. The molecule has 3 atom stereocenters. The molecule has 1 aromatic rings. The van der Waals surface area contributed by atoms with Crippen molar-refractivity contribution in [3.8, 4) is 0 Å². The number of ether oxygens (including phenoxy) is 1. The fourth-order valence-corrected chi connectivity index (χ4v) is 2.81. The molecule has 2 heterocycles. The van der Waals surface area contributed by atoms with Crippen LogP contribution in [-0.2, 0) is 16.1 Å². The van der Waals surface area contributed by atoms with Gasteiger partial charge in [0.1, 0.15) is 5.82 Å². The normalized spacial score (nSPS) is 23.2. The number of carbonyl (C=O) groups is 1. The zero-order chi connectivity index (χ0) is 16.1. The third kappa shape index (κ3) is 4.61. The number of thioether (sulfide) groups is 1. The standard InChI is InChI=1S/C16H25N3O2S/c1-11-9-19(10-12(2)21-11)15-6-5-14(7-17-15)8-18-16(20)13(3)22-4/h5-7,11-13H,8-10H2,1-4H3,(H,18,20)/t11-,12+,13-/m0/s1. The zero-order valence-electron chi connectivity index (χ0n) is 13.7. The summed E-state index contributed by atoms with van der Waals surface area (Å²) >= 11 is 1.54. The highest BCUT2D eigenvalue weighted by molar-refractivity contribution is 7.99. The second-order valence-corrected chi connectivity index (χ2v) is 6.96. The Morgan fingerprint density at radius 2 is 2.14 bits per heavy atom. The van der Waals surface area contributed by atoms with Crippen LogP contribution in [0.3, 0.4) is 0 Å². The number of carbonyl (C=O) groups excluding carboxylic acids is 1. The minimum atomic E-state index is -0.0245. The van der Waals surface area contributed by atoms with Gasteiger partial charge in [0.2, 0.25) is 5.91 Å². The summed E-state index contributed by atoms with van der Waals surface area (Å²) in [4.78, 5) is 18.5. The molecule has 122 valence electrons. The van der Waals surface area contributed by atoms with Crippen LogP contribution in [0.5, 0.6) is 0 Å². The van der Waals surface area contributed by atoms with E-state index in [-0.39, 0.29) is 23.4 Å². The summed E-state index contributed by atoms with van der Waals surface area (Å²) in [5.74, 6) is 1.03. The molecule has 5 nitrogen and oxygen atoms in total. The van der Waals surface area contributed by atoms with Crippen molar-refractivity contribution in [3.05, 3.63) is 23.9 Å². The molecule has 22 heavy (non-hydrogen) atoms. The second-order valence-electron chi connectivity index (χ2n) is 5.78. The van der Waals surface area contributed by atoms with E-state index >= 15 is 0 Å². The van der Waals surface area contributed by atoms with Gasteiger partial charge in [-0.2, -0.15) is 11.8 Å². The molecule has 1 fully saturated rings. The lowest BCUT2D eigenvalue weighted by atomic mass is 10.2. The molecular formula is C16H25N3O2S. The number of anilines is 1. The quantitative estimate of drug-likeness (QED) is 0.899. The fourth-order valence-electron chi connectivity index (χ4n) is 2.51. The third-order valence-corrected chi connectivity index (χ3v) is 4.66. The van der Waals surface area contributed by atoms with Crippen molar-refractivity contribution in [3.63, 3.8) is 0 Å². The van der Waals surface area contributed by atoms with Crippen LogP contribution in [0.2, 0.25) is 0 Å². The number of aromatic nitrogens is 1. The maximum Gasteiger partial charge on any atom is 0.233 e. The Kier molecular flexibility index (Phi) is 6.08. The van der Waals surface area contributed by atoms with Gasteiger partial charge in [-0.05, 0) is 38.7 Å². The first-order chi connectivity index (χ1) is 10.5. The highest BCUT2D eigenvalue weighted by atomic mass is 32.2. The smallest absolute Gasteiger partial charge is 0.233 e. The maximum atomic E-state index is 11.8. The SMILES string of the molecule is CS[C@@H](C)C(=O)NCc1ccc(N2C[C@@H](C)O[C@@H](C)C2)nc1. The number of pyridine rings is 1. The van der Waals surface area contributed by atoms with Crippen molar-refractivity contribution in [2.75, 3.05) is 24.2 Å². The monoisotopic (exact) mass is 323 g/mol. The van der Waals surface area contributed by atoms with Crippen LogP contribution in [0.15, 0.2) is 18.3 Å². The van der Waals surface area contributed by atoms with Crippen LogP contribution >= 0.6 is 11.8 Å². The van der Waals surface area contributed by atoms with E-state index in [0.717, 1.165) is 24.5 Å². The lowest BCUT2D eigenvalue weighted by molar-refractivity contribution is -0.120. The third-order valence-electron chi connectivity index (χ3n) is 3.74. The Hall–Kier alpha value is -1.27. The van der Waals surface area contributed by atoms with Gasteiger partial charge in [0.05, 0.1) is 17.5 Å². The van der Waals surface area contributed by atoms with Gasteiger partial charge in [-0.15, -0.1) is 0 Å². The van der Waals surface area contributed by atoms with Crippen LogP contribution in [0.25, 0.3) is 0 Å². The van der Waals surface area contributed by atoms with Crippen molar-refractivity contribution in [2.45, 2.75) is 44.8 Å². The van der Waals surface area contributed by atoms with E-state index in [1.165, 1.54) is 0 Å². The summed E-state index contributed by atoms with van der Waals surface area (Å²) in [5, 5.41) is 2.90. The zero-order valence-corrected chi connectivity index (χ0v) is 14.5. The number of hydrogen-bond donors (Lipinski definition) is 1. The van der Waals surface area contributed by atoms with Gasteiger partial charge >= 0.3 is 0 Å². The van der Waals surface area contributed by atoms with E-state index in [4.69, 9.17) is 4.74 Å². The Balaban J connectivity index is 1.91. The Labute approximate surface area is 136 Å². The van der Waals surface area contributed by atoms with E-state index < -0.39 is 0 Å². The van der Waals surface area contributed by atoms with Gasteiger partial charge in [0.25, 0.3) is 0 Å². The van der Waals surface area contributed by atoms with Gasteiger partial charge in [-0.1, -0.05) is 6.07 Å². The first-order valence-electron chi connectivity index (χ1n) is 7.65. The molecule has 0 aromatic carbocycles. The number of hydrogen-bond acceptors (Lipinski definition) is 5. The lowest BCUT2D eigenvalue weighted by Gasteiger charge is -2.36. The van der Waals surface area contributed by atoms with Crippen LogP contribution < -0.4 is 10.2 Å². The first-order valence-corrected chi connectivity index (χ1v) is 8.94. The van der Waals surface area contributed by atoms with Gasteiger partial charge in [-0.3, -0.25) is 4.79 Å². The van der Waals surface area contributed by atoms with Gasteiger partial charge in [0, 0.05) is 25.8 Å². The van der Waals surface area contributed by atoms with Crippen molar-refractivity contribution >= 4 is 23.5 Å². The molecule has 1 aromatic heterocycles. The Morgan fingerprint density at radius 1 is 1.45 bits per heavy atom. The molecular weight excluding hydrogens is 298 g/mol. The second kappa shape index (κ2) is 7.83. The summed E-state index contributed by atoms with van der Waals surface area (Å²) in [6.07, 6.45) is 4.21. The number of nitrogens with zero attached hydrogens (tertiary/aromatic N) is 2. The minimum Gasteiger partial charge on any atom is -0.372 e. The van der Waals surface area contributed by atoms with Crippen LogP contribution in [0.4, 0.5) is 5.82 Å². The number of nitrogens with one attached hydrogen (secondary N) is 1. The van der Waals surface area contributed by atoms with Crippen LogP contribution in [0.1, 0.15) is 26.3 Å². The molecule has 0 aliphatic carbocycles. The molecule has 2 rings (SSSR count). The topological polar surface area (TPSA) is 54.5 Å². The summed E-state index contributed by atoms with van der Waals surface area (Å²) in [6.45, 7) is 8.31. The number of morpholine rings is 1. The number of rotatable bonds is 5. The molecule has 0 bridgehead atoms.